The summed E-state index contributed by atoms with van der Waals surface area (Å²) in [7, 11) is 0. The number of para-hydroxylation sites is 2. The standard InChI is InChI=1S/C23H24F2N6OS/c1-14-7-9-16(10-8-14)21-28-29-23(33)30(21)12-11-19(32)26-13-15(2)20-27-17-5-3-4-6-18(17)31(20)22(24)25/h3-10,15,22H,11-13H2,1-2H3,(H,26,32)(H,29,33)/t15-/m0/s1. The van der Waals surface area contributed by atoms with Crippen LogP contribution in [0.5, 0.6) is 0 Å². The Hall–Kier alpha value is -3.40. The number of aromatic amines is 1. The van der Waals surface area contributed by atoms with Crippen LogP contribution in [0.2, 0.25) is 0 Å². The monoisotopic (exact) mass is 470 g/mol. The Morgan fingerprint density at radius 1 is 1.18 bits per heavy atom. The van der Waals surface area contributed by atoms with Crippen LogP contribution < -0.4 is 5.32 Å². The van der Waals surface area contributed by atoms with Gasteiger partial charge in [0.1, 0.15) is 5.82 Å². The number of nitrogens with one attached hydrogen (secondary N) is 2. The fourth-order valence-corrected chi connectivity index (χ4v) is 3.95. The molecule has 4 aromatic rings. The minimum atomic E-state index is -2.71. The molecule has 1 amide bonds. The number of H-pyrrole nitrogens is 1. The van der Waals surface area contributed by atoms with E-state index >= 15 is 0 Å². The Kier molecular flexibility index (Phi) is 6.64. The summed E-state index contributed by atoms with van der Waals surface area (Å²) in [6.07, 6.45) is 0.171. The van der Waals surface area contributed by atoms with Gasteiger partial charge in [0.2, 0.25) is 5.91 Å². The molecule has 0 fully saturated rings. The summed E-state index contributed by atoms with van der Waals surface area (Å²) >= 11 is 5.32. The van der Waals surface area contributed by atoms with Crippen molar-refractivity contribution in [2.75, 3.05) is 6.54 Å². The number of hydrogen-bond donors (Lipinski definition) is 2. The minimum absolute atomic E-state index is 0.171. The number of carbonyl (C=O) groups excluding carboxylic acids is 1. The van der Waals surface area contributed by atoms with E-state index in [0.29, 0.717) is 28.2 Å². The summed E-state index contributed by atoms with van der Waals surface area (Å²) in [5, 5.41) is 9.89. The number of amides is 1. The molecule has 0 radical (unpaired) electrons. The van der Waals surface area contributed by atoms with Gasteiger partial charge in [-0.15, -0.1) is 0 Å². The van der Waals surface area contributed by atoms with Crippen LogP contribution in [0.25, 0.3) is 22.4 Å². The number of fused-ring (bicyclic) bond motifs is 1. The van der Waals surface area contributed by atoms with Gasteiger partial charge < -0.3 is 5.32 Å². The summed E-state index contributed by atoms with van der Waals surface area (Å²) in [6, 6.07) is 14.6. The normalized spacial score (nSPS) is 12.4. The van der Waals surface area contributed by atoms with E-state index in [1.54, 1.807) is 35.8 Å². The zero-order valence-corrected chi connectivity index (χ0v) is 19.1. The minimum Gasteiger partial charge on any atom is -0.355 e. The number of imidazole rings is 1. The summed E-state index contributed by atoms with van der Waals surface area (Å²) in [6.45, 7) is 1.59. The highest BCUT2D eigenvalue weighted by molar-refractivity contribution is 7.71. The molecule has 2 N–H and O–H groups in total. The number of halogens is 2. The molecule has 33 heavy (non-hydrogen) atoms. The Morgan fingerprint density at radius 3 is 2.64 bits per heavy atom. The number of aryl methyl sites for hydroxylation is 1. The number of carbonyl (C=O) groups is 1. The van der Waals surface area contributed by atoms with Gasteiger partial charge in [-0.2, -0.15) is 13.9 Å². The van der Waals surface area contributed by atoms with Crippen molar-refractivity contribution in [3.8, 4) is 11.4 Å². The summed E-state index contributed by atoms with van der Waals surface area (Å²) in [4.78, 5) is 16.9. The van der Waals surface area contributed by atoms with Gasteiger partial charge in [-0.05, 0) is 31.3 Å². The first-order valence-electron chi connectivity index (χ1n) is 10.6. The van der Waals surface area contributed by atoms with Crippen LogP contribution in [0, 0.1) is 11.7 Å². The highest BCUT2D eigenvalue weighted by Gasteiger charge is 2.22. The Labute approximate surface area is 194 Å². The number of hydrogen-bond acceptors (Lipinski definition) is 4. The van der Waals surface area contributed by atoms with Gasteiger partial charge >= 0.3 is 6.55 Å². The van der Waals surface area contributed by atoms with E-state index < -0.39 is 12.5 Å². The molecule has 0 aliphatic carbocycles. The van der Waals surface area contributed by atoms with Crippen LogP contribution in [0.3, 0.4) is 0 Å². The fourth-order valence-electron chi connectivity index (χ4n) is 3.72. The molecule has 0 saturated carbocycles. The molecule has 0 aliphatic rings. The van der Waals surface area contributed by atoms with E-state index in [2.05, 4.69) is 20.5 Å². The van der Waals surface area contributed by atoms with Crippen molar-refractivity contribution in [3.05, 3.63) is 64.7 Å². The van der Waals surface area contributed by atoms with Crippen LogP contribution in [-0.2, 0) is 11.3 Å². The van der Waals surface area contributed by atoms with Gasteiger partial charge in [0.25, 0.3) is 0 Å². The Morgan fingerprint density at radius 2 is 1.91 bits per heavy atom. The molecule has 0 aliphatic heterocycles. The molecule has 0 saturated heterocycles. The average molecular weight is 471 g/mol. The zero-order valence-electron chi connectivity index (χ0n) is 18.3. The SMILES string of the molecule is Cc1ccc(-c2n[nH]c(=S)n2CCC(=O)NC[C@H](C)c2nc3ccccc3n2C(F)F)cc1. The Bertz CT molecular complexity index is 1320. The van der Waals surface area contributed by atoms with Crippen molar-refractivity contribution in [2.45, 2.75) is 39.3 Å². The molecule has 2 aromatic heterocycles. The average Bonchev–Trinajstić information content (AvgIpc) is 3.37. The quantitative estimate of drug-likeness (QED) is 0.356. The first-order chi connectivity index (χ1) is 15.8. The van der Waals surface area contributed by atoms with Gasteiger partial charge in [-0.3, -0.25) is 19.0 Å². The lowest BCUT2D eigenvalue weighted by Gasteiger charge is -2.15. The number of aromatic nitrogens is 5. The van der Waals surface area contributed by atoms with Crippen molar-refractivity contribution in [2.24, 2.45) is 0 Å². The zero-order chi connectivity index (χ0) is 23.5. The van der Waals surface area contributed by atoms with E-state index in [0.717, 1.165) is 15.7 Å². The summed E-state index contributed by atoms with van der Waals surface area (Å²) in [5.74, 6) is 0.297. The fraction of sp³-hybridized carbons (Fsp3) is 0.304. The lowest BCUT2D eigenvalue weighted by Crippen LogP contribution is -2.29. The predicted octanol–water partition coefficient (Wildman–Crippen LogP) is 4.97. The van der Waals surface area contributed by atoms with Crippen molar-refractivity contribution in [1.82, 2.24) is 29.6 Å². The van der Waals surface area contributed by atoms with Crippen LogP contribution in [0.1, 0.15) is 37.2 Å². The van der Waals surface area contributed by atoms with Crippen molar-refractivity contribution in [3.63, 3.8) is 0 Å². The molecular formula is C23H24F2N6OS. The molecule has 4 rings (SSSR count). The van der Waals surface area contributed by atoms with Crippen molar-refractivity contribution >= 4 is 29.2 Å². The molecule has 10 heteroatoms. The van der Waals surface area contributed by atoms with E-state index in [9.17, 15) is 13.6 Å². The maximum Gasteiger partial charge on any atom is 0.320 e. The van der Waals surface area contributed by atoms with Crippen molar-refractivity contribution in [1.29, 1.82) is 0 Å². The van der Waals surface area contributed by atoms with Crippen LogP contribution >= 0.6 is 12.2 Å². The number of rotatable bonds is 8. The molecule has 2 heterocycles. The molecule has 0 unspecified atom stereocenters. The van der Waals surface area contributed by atoms with Gasteiger partial charge in [0.05, 0.1) is 11.0 Å². The molecule has 7 nitrogen and oxygen atoms in total. The number of nitrogens with zero attached hydrogens (tertiary/aromatic N) is 4. The molecule has 1 atom stereocenters. The van der Waals surface area contributed by atoms with E-state index in [1.807, 2.05) is 31.2 Å². The second-order valence-electron chi connectivity index (χ2n) is 7.93. The van der Waals surface area contributed by atoms with Crippen LogP contribution in [0.15, 0.2) is 48.5 Å². The smallest absolute Gasteiger partial charge is 0.320 e. The van der Waals surface area contributed by atoms with E-state index in [-0.39, 0.29) is 24.7 Å². The molecule has 0 spiro atoms. The largest absolute Gasteiger partial charge is 0.355 e. The van der Waals surface area contributed by atoms with Gasteiger partial charge in [0, 0.05) is 31.0 Å². The van der Waals surface area contributed by atoms with E-state index in [1.165, 1.54) is 0 Å². The molecule has 0 bridgehead atoms. The third-order valence-electron chi connectivity index (χ3n) is 5.49. The predicted molar refractivity (Wildman–Crippen MR) is 125 cm³/mol. The first kappa shape index (κ1) is 22.8. The molecule has 2 aromatic carbocycles. The van der Waals surface area contributed by atoms with Gasteiger partial charge in [-0.25, -0.2) is 4.98 Å². The summed E-state index contributed by atoms with van der Waals surface area (Å²) < 4.78 is 30.5. The molecule has 172 valence electrons. The van der Waals surface area contributed by atoms with E-state index in [4.69, 9.17) is 12.2 Å². The van der Waals surface area contributed by atoms with Gasteiger partial charge in [0.15, 0.2) is 10.6 Å². The van der Waals surface area contributed by atoms with Crippen LogP contribution in [0.4, 0.5) is 8.78 Å². The first-order valence-corrected chi connectivity index (χ1v) is 11.0. The van der Waals surface area contributed by atoms with Crippen molar-refractivity contribution < 1.29 is 13.6 Å². The highest BCUT2D eigenvalue weighted by Crippen LogP contribution is 2.27. The summed E-state index contributed by atoms with van der Waals surface area (Å²) in [5.41, 5.74) is 2.91. The second kappa shape index (κ2) is 9.62. The maximum absolute atomic E-state index is 13.7. The second-order valence-corrected chi connectivity index (χ2v) is 8.32. The lowest BCUT2D eigenvalue weighted by atomic mass is 10.1. The van der Waals surface area contributed by atoms with Gasteiger partial charge in [-0.1, -0.05) is 48.9 Å². The highest BCUT2D eigenvalue weighted by atomic mass is 32.1. The number of alkyl halides is 2. The molecular weight excluding hydrogens is 446 g/mol. The Balaban J connectivity index is 1.41. The van der Waals surface area contributed by atoms with Crippen LogP contribution in [-0.4, -0.2) is 36.8 Å². The maximum atomic E-state index is 13.7. The third-order valence-corrected chi connectivity index (χ3v) is 5.81. The third kappa shape index (κ3) is 4.85. The lowest BCUT2D eigenvalue weighted by molar-refractivity contribution is -0.121. The number of benzene rings is 2. The topological polar surface area (TPSA) is 80.5 Å².